The number of nitrogens with zero attached hydrogens (tertiary/aromatic N) is 2. The van der Waals surface area contributed by atoms with Crippen LogP contribution in [0.5, 0.6) is 5.75 Å². The summed E-state index contributed by atoms with van der Waals surface area (Å²) in [5, 5.41) is 12.8. The minimum Gasteiger partial charge on any atom is -0.489 e. The van der Waals surface area contributed by atoms with E-state index in [0.29, 0.717) is 23.4 Å². The number of aliphatic hydroxyl groups is 1. The third kappa shape index (κ3) is 5.45. The maximum absolute atomic E-state index is 13.2. The molecule has 2 N–H and O–H groups in total. The molecule has 3 aromatic rings. The van der Waals surface area contributed by atoms with Crippen molar-refractivity contribution >= 4 is 17.5 Å². The molecule has 3 heterocycles. The van der Waals surface area contributed by atoms with Crippen molar-refractivity contribution in [3.05, 3.63) is 89.0 Å². The van der Waals surface area contributed by atoms with Gasteiger partial charge in [0.1, 0.15) is 29.9 Å². The molecule has 37 heavy (non-hydrogen) atoms. The summed E-state index contributed by atoms with van der Waals surface area (Å²) in [5.74, 6) is 5.00. The number of anilines is 1. The van der Waals surface area contributed by atoms with Crippen LogP contribution in [0.2, 0.25) is 0 Å². The number of nitrogens with one attached hydrogen (secondary N) is 1. The molecule has 0 saturated carbocycles. The van der Waals surface area contributed by atoms with Crippen LogP contribution in [0.15, 0.2) is 60.8 Å². The maximum Gasteiger partial charge on any atom is 0.270 e. The molecule has 1 atom stereocenters. The highest BCUT2D eigenvalue weighted by molar-refractivity contribution is 6.03. The van der Waals surface area contributed by atoms with E-state index in [2.05, 4.69) is 22.1 Å². The number of hydrogen-bond donors (Lipinski definition) is 2. The van der Waals surface area contributed by atoms with Gasteiger partial charge < -0.3 is 24.8 Å². The number of benzene rings is 2. The molecule has 188 valence electrons. The van der Waals surface area contributed by atoms with Crippen LogP contribution in [0.25, 0.3) is 0 Å². The van der Waals surface area contributed by atoms with Crippen molar-refractivity contribution in [2.24, 2.45) is 0 Å². The van der Waals surface area contributed by atoms with Crippen molar-refractivity contribution in [3.63, 3.8) is 0 Å². The molecular formula is C28H24FN3O5. The smallest absolute Gasteiger partial charge is 0.270 e. The number of amides is 2. The van der Waals surface area contributed by atoms with Gasteiger partial charge in [-0.2, -0.15) is 0 Å². The fourth-order valence-corrected chi connectivity index (χ4v) is 4.01. The first-order valence-electron chi connectivity index (χ1n) is 11.7. The monoisotopic (exact) mass is 501 g/mol. The number of aromatic nitrogens is 1. The molecule has 1 fully saturated rings. The summed E-state index contributed by atoms with van der Waals surface area (Å²) in [7, 11) is 1.60. The van der Waals surface area contributed by atoms with Crippen molar-refractivity contribution in [1.82, 2.24) is 10.3 Å². The van der Waals surface area contributed by atoms with Gasteiger partial charge in [0, 0.05) is 18.8 Å². The number of fused-ring (bicyclic) bond motifs is 1. The molecule has 0 bridgehead atoms. The van der Waals surface area contributed by atoms with E-state index in [1.807, 2.05) is 0 Å². The normalized spacial score (nSPS) is 17.9. The van der Waals surface area contributed by atoms with E-state index in [4.69, 9.17) is 9.47 Å². The number of carbonyl (C=O) groups excluding carboxylic acids is 2. The Morgan fingerprint density at radius 3 is 2.70 bits per heavy atom. The number of rotatable bonds is 4. The molecule has 0 aliphatic carbocycles. The van der Waals surface area contributed by atoms with E-state index in [-0.39, 0.29) is 37.2 Å². The zero-order valence-corrected chi connectivity index (χ0v) is 20.0. The fourth-order valence-electron chi connectivity index (χ4n) is 4.01. The molecule has 2 amide bonds. The van der Waals surface area contributed by atoms with Gasteiger partial charge >= 0.3 is 0 Å². The topological polar surface area (TPSA) is 101 Å². The largest absolute Gasteiger partial charge is 0.489 e. The Morgan fingerprint density at radius 1 is 1.19 bits per heavy atom. The van der Waals surface area contributed by atoms with E-state index < -0.39 is 17.6 Å². The first-order chi connectivity index (χ1) is 17.8. The van der Waals surface area contributed by atoms with Crippen LogP contribution in [0.1, 0.15) is 27.2 Å². The Bertz CT molecular complexity index is 1410. The van der Waals surface area contributed by atoms with Crippen molar-refractivity contribution in [2.75, 3.05) is 31.8 Å². The molecule has 1 aromatic heterocycles. The summed E-state index contributed by atoms with van der Waals surface area (Å²) in [4.78, 5) is 31.7. The second-order valence-corrected chi connectivity index (χ2v) is 9.04. The van der Waals surface area contributed by atoms with Crippen LogP contribution in [0, 0.1) is 17.7 Å². The average Bonchev–Trinajstić information content (AvgIpc) is 3.00. The number of halogens is 1. The zero-order chi connectivity index (χ0) is 26.0. The predicted molar refractivity (Wildman–Crippen MR) is 133 cm³/mol. The Labute approximate surface area is 213 Å². The first-order valence-corrected chi connectivity index (χ1v) is 11.7. The van der Waals surface area contributed by atoms with Crippen LogP contribution >= 0.6 is 0 Å². The highest BCUT2D eigenvalue weighted by atomic mass is 19.1. The van der Waals surface area contributed by atoms with Crippen molar-refractivity contribution in [3.8, 4) is 17.6 Å². The number of carbonyl (C=O) groups is 2. The fraction of sp³-hybridized carbons (Fsp3) is 0.250. The van der Waals surface area contributed by atoms with Gasteiger partial charge in [-0.15, -0.1) is 0 Å². The summed E-state index contributed by atoms with van der Waals surface area (Å²) in [6.45, 7) is 0.273. The SMILES string of the molecule is CN1C(=O)C(NC(=O)c2cc(Cc3ccc(F)cc3)ccn2)COc2ccc(C#CC3(O)COC3)cc21. The molecule has 0 radical (unpaired) electrons. The van der Waals surface area contributed by atoms with Gasteiger partial charge in [0.25, 0.3) is 11.8 Å². The average molecular weight is 502 g/mol. The summed E-state index contributed by atoms with van der Waals surface area (Å²) in [6.07, 6.45) is 2.03. The van der Waals surface area contributed by atoms with E-state index in [9.17, 15) is 19.1 Å². The van der Waals surface area contributed by atoms with Crippen molar-refractivity contribution < 1.29 is 28.6 Å². The molecule has 1 unspecified atom stereocenters. The van der Waals surface area contributed by atoms with Crippen molar-refractivity contribution in [2.45, 2.75) is 18.1 Å². The highest BCUT2D eigenvalue weighted by Crippen LogP contribution is 2.31. The second-order valence-electron chi connectivity index (χ2n) is 9.04. The summed E-state index contributed by atoms with van der Waals surface area (Å²) >= 11 is 0. The minimum absolute atomic E-state index is 0.0563. The molecule has 2 aliphatic rings. The third-order valence-electron chi connectivity index (χ3n) is 6.16. The highest BCUT2D eigenvalue weighted by Gasteiger charge is 2.34. The molecular weight excluding hydrogens is 477 g/mol. The van der Waals surface area contributed by atoms with Gasteiger partial charge in [0.2, 0.25) is 0 Å². The van der Waals surface area contributed by atoms with Gasteiger partial charge in [-0.1, -0.05) is 24.0 Å². The standard InChI is InChI=1S/C28H24FN3O5/c1-32-24-14-19(8-10-28(35)16-36-17-28)4-7-25(24)37-15-23(27(32)34)31-26(33)22-13-20(9-11-30-22)12-18-2-5-21(29)6-3-18/h2-7,9,11,13-14,23,35H,12,15-17H2,1H3,(H,31,33). The van der Waals surface area contributed by atoms with E-state index >= 15 is 0 Å². The van der Waals surface area contributed by atoms with Crippen molar-refractivity contribution in [1.29, 1.82) is 0 Å². The number of ether oxygens (including phenoxy) is 2. The predicted octanol–water partition coefficient (Wildman–Crippen LogP) is 2.08. The molecule has 2 aliphatic heterocycles. The molecule has 1 saturated heterocycles. The zero-order valence-electron chi connectivity index (χ0n) is 20.0. The van der Waals surface area contributed by atoms with E-state index in [1.54, 1.807) is 49.5 Å². The lowest BCUT2D eigenvalue weighted by molar-refractivity contribution is -0.140. The van der Waals surface area contributed by atoms with Gasteiger partial charge in [-0.25, -0.2) is 4.39 Å². The lowest BCUT2D eigenvalue weighted by atomic mass is 10.0. The molecule has 9 heteroatoms. The van der Waals surface area contributed by atoms with Crippen LogP contribution in [0.3, 0.4) is 0 Å². The van der Waals surface area contributed by atoms with E-state index in [1.165, 1.54) is 23.2 Å². The number of hydrogen-bond acceptors (Lipinski definition) is 6. The number of pyridine rings is 1. The van der Waals surface area contributed by atoms with Crippen LogP contribution < -0.4 is 15.0 Å². The lowest BCUT2D eigenvalue weighted by Crippen LogP contribution is -2.49. The van der Waals surface area contributed by atoms with Crippen LogP contribution in [0.4, 0.5) is 10.1 Å². The number of likely N-dealkylation sites (N-methyl/N-ethyl adjacent to an activating group) is 1. The molecule has 8 nitrogen and oxygen atoms in total. The molecule has 0 spiro atoms. The van der Waals surface area contributed by atoms with Crippen LogP contribution in [-0.4, -0.2) is 60.4 Å². The lowest BCUT2D eigenvalue weighted by Gasteiger charge is -2.30. The van der Waals surface area contributed by atoms with Gasteiger partial charge in [-0.3, -0.25) is 14.6 Å². The summed E-state index contributed by atoms with van der Waals surface area (Å²) in [6, 6.07) is 13.8. The Kier molecular flexibility index (Phi) is 6.61. The minimum atomic E-state index is -1.15. The summed E-state index contributed by atoms with van der Waals surface area (Å²) in [5.41, 5.74) is 1.84. The second kappa shape index (κ2) is 10.0. The molecule has 5 rings (SSSR count). The quantitative estimate of drug-likeness (QED) is 0.531. The summed E-state index contributed by atoms with van der Waals surface area (Å²) < 4.78 is 24.0. The first kappa shape index (κ1) is 24.4. The van der Waals surface area contributed by atoms with Gasteiger partial charge in [0.05, 0.1) is 18.9 Å². The Morgan fingerprint density at radius 2 is 1.97 bits per heavy atom. The third-order valence-corrected chi connectivity index (χ3v) is 6.16. The van der Waals surface area contributed by atoms with E-state index in [0.717, 1.165) is 11.1 Å². The Hall–Kier alpha value is -4.26. The maximum atomic E-state index is 13.2. The van der Waals surface area contributed by atoms with Gasteiger partial charge in [0.15, 0.2) is 5.60 Å². The molecule has 2 aromatic carbocycles. The van der Waals surface area contributed by atoms with Crippen LogP contribution in [-0.2, 0) is 16.0 Å². The Balaban J connectivity index is 1.28. The van der Waals surface area contributed by atoms with Gasteiger partial charge in [-0.05, 0) is 60.0 Å².